The summed E-state index contributed by atoms with van der Waals surface area (Å²) >= 11 is 0. The van der Waals surface area contributed by atoms with Gasteiger partial charge in [-0.2, -0.15) is 0 Å². The van der Waals surface area contributed by atoms with Gasteiger partial charge in [0.25, 0.3) is 11.1 Å². The molecule has 0 aliphatic heterocycles. The molecule has 0 saturated carbocycles. The molecule has 0 fully saturated rings. The third-order valence-corrected chi connectivity index (χ3v) is 5.07. The molecule has 0 spiro atoms. The highest BCUT2D eigenvalue weighted by molar-refractivity contribution is 5.72. The second-order valence-electron chi connectivity index (χ2n) is 7.65. The van der Waals surface area contributed by atoms with Gasteiger partial charge in [-0.15, -0.1) is 0 Å². The first kappa shape index (κ1) is 23.8. The Morgan fingerprint density at radius 2 is 1.30 bits per heavy atom. The van der Waals surface area contributed by atoms with Crippen molar-refractivity contribution in [2.45, 2.75) is 39.0 Å². The third-order valence-electron chi connectivity index (χ3n) is 5.07. The molecule has 33 heavy (non-hydrogen) atoms. The number of ether oxygens (including phenoxy) is 2. The molecule has 0 aliphatic carbocycles. The van der Waals surface area contributed by atoms with Crippen molar-refractivity contribution < 1.29 is 14.3 Å². The number of carbonyl (C=O) groups excluding carboxylic acids is 1. The highest BCUT2D eigenvalue weighted by Crippen LogP contribution is 2.14. The SMILES string of the molecule is CCCCCCC(=O)Oc1ccc(/C=c2\[nH]c(=O)/c(=C/c3ccc(OC)cc3)[nH]c2=O)cc1. The summed E-state index contributed by atoms with van der Waals surface area (Å²) in [6.07, 6.45) is 7.61. The fraction of sp³-hybridized carbons (Fsp3) is 0.269. The van der Waals surface area contributed by atoms with Gasteiger partial charge in [0.15, 0.2) is 0 Å². The molecule has 0 aliphatic rings. The Bertz CT molecular complexity index is 1300. The molecule has 0 bridgehead atoms. The first-order chi connectivity index (χ1) is 16.0. The Hall–Kier alpha value is -3.87. The maximum absolute atomic E-state index is 12.5. The number of hydrogen-bond donors (Lipinski definition) is 2. The molecule has 7 nitrogen and oxygen atoms in total. The molecule has 3 rings (SSSR count). The van der Waals surface area contributed by atoms with Crippen LogP contribution >= 0.6 is 0 Å². The van der Waals surface area contributed by atoms with Crippen molar-refractivity contribution in [3.05, 3.63) is 91.1 Å². The molecule has 0 radical (unpaired) electrons. The summed E-state index contributed by atoms with van der Waals surface area (Å²) in [7, 11) is 1.58. The van der Waals surface area contributed by atoms with E-state index in [2.05, 4.69) is 16.9 Å². The minimum atomic E-state index is -0.419. The number of rotatable bonds is 9. The van der Waals surface area contributed by atoms with E-state index >= 15 is 0 Å². The van der Waals surface area contributed by atoms with Crippen molar-refractivity contribution in [1.82, 2.24) is 9.97 Å². The number of carbonyl (C=O) groups is 1. The minimum absolute atomic E-state index is 0.132. The number of esters is 1. The van der Waals surface area contributed by atoms with E-state index in [1.165, 1.54) is 0 Å². The van der Waals surface area contributed by atoms with E-state index < -0.39 is 11.1 Å². The van der Waals surface area contributed by atoms with Crippen molar-refractivity contribution in [3.8, 4) is 11.5 Å². The summed E-state index contributed by atoms with van der Waals surface area (Å²) < 4.78 is 10.5. The topological polar surface area (TPSA) is 101 Å². The van der Waals surface area contributed by atoms with E-state index in [1.54, 1.807) is 67.8 Å². The van der Waals surface area contributed by atoms with Crippen molar-refractivity contribution in [3.63, 3.8) is 0 Å². The van der Waals surface area contributed by atoms with Crippen molar-refractivity contribution in [2.75, 3.05) is 7.11 Å². The highest BCUT2D eigenvalue weighted by atomic mass is 16.5. The molecule has 7 heteroatoms. The largest absolute Gasteiger partial charge is 0.497 e. The van der Waals surface area contributed by atoms with Gasteiger partial charge in [0.05, 0.1) is 7.11 Å². The quantitative estimate of drug-likeness (QED) is 0.298. The number of nitrogens with one attached hydrogen (secondary N) is 2. The monoisotopic (exact) mass is 448 g/mol. The van der Waals surface area contributed by atoms with Gasteiger partial charge in [0.1, 0.15) is 22.2 Å². The van der Waals surface area contributed by atoms with Crippen LogP contribution in [0.5, 0.6) is 11.5 Å². The maximum Gasteiger partial charge on any atom is 0.311 e. The van der Waals surface area contributed by atoms with Gasteiger partial charge < -0.3 is 19.4 Å². The summed E-state index contributed by atoms with van der Waals surface area (Å²) in [6, 6.07) is 13.9. The van der Waals surface area contributed by atoms with Crippen LogP contribution in [0, 0.1) is 0 Å². The van der Waals surface area contributed by atoms with Crippen LogP contribution in [0.1, 0.15) is 50.2 Å². The van der Waals surface area contributed by atoms with Crippen LogP contribution in [-0.2, 0) is 4.79 Å². The van der Waals surface area contributed by atoms with Crippen LogP contribution in [0.25, 0.3) is 12.2 Å². The van der Waals surface area contributed by atoms with E-state index in [0.717, 1.165) is 31.2 Å². The molecule has 0 saturated heterocycles. The Kier molecular flexibility index (Phi) is 8.41. The molecular formula is C26H28N2O5. The summed E-state index contributed by atoms with van der Waals surface area (Å²) in [5, 5.41) is 0.288. The summed E-state index contributed by atoms with van der Waals surface area (Å²) in [5.74, 6) is 0.888. The summed E-state index contributed by atoms with van der Waals surface area (Å²) in [6.45, 7) is 2.12. The van der Waals surface area contributed by atoms with E-state index in [1.807, 2.05) is 0 Å². The van der Waals surface area contributed by atoms with Crippen molar-refractivity contribution >= 4 is 18.1 Å². The van der Waals surface area contributed by atoms with Gasteiger partial charge in [-0.1, -0.05) is 50.5 Å². The van der Waals surface area contributed by atoms with Crippen molar-refractivity contribution in [1.29, 1.82) is 0 Å². The fourth-order valence-electron chi connectivity index (χ4n) is 3.24. The van der Waals surface area contributed by atoms with Crippen LogP contribution in [-0.4, -0.2) is 23.0 Å². The minimum Gasteiger partial charge on any atom is -0.497 e. The van der Waals surface area contributed by atoms with Crippen LogP contribution < -0.4 is 31.3 Å². The smallest absolute Gasteiger partial charge is 0.311 e. The number of hydrogen-bond acceptors (Lipinski definition) is 5. The Morgan fingerprint density at radius 3 is 1.79 bits per heavy atom. The number of unbranched alkanes of at least 4 members (excludes halogenated alkanes) is 3. The maximum atomic E-state index is 12.5. The Labute approximate surface area is 191 Å². The molecule has 172 valence electrons. The predicted molar refractivity (Wildman–Crippen MR) is 128 cm³/mol. The first-order valence-corrected chi connectivity index (χ1v) is 11.0. The second kappa shape index (κ2) is 11.7. The average molecular weight is 449 g/mol. The van der Waals surface area contributed by atoms with Gasteiger partial charge in [0, 0.05) is 6.42 Å². The zero-order valence-corrected chi connectivity index (χ0v) is 18.9. The molecule has 0 amide bonds. The molecule has 2 N–H and O–H groups in total. The number of H-pyrrole nitrogens is 2. The molecule has 0 unspecified atom stereocenters. The Morgan fingerprint density at radius 1 is 0.788 bits per heavy atom. The zero-order valence-electron chi connectivity index (χ0n) is 18.9. The normalized spacial score (nSPS) is 12.1. The first-order valence-electron chi connectivity index (χ1n) is 11.0. The molecule has 0 atom stereocenters. The summed E-state index contributed by atoms with van der Waals surface area (Å²) in [4.78, 5) is 42.1. The molecule has 3 aromatic rings. The van der Waals surface area contributed by atoms with E-state index in [9.17, 15) is 14.4 Å². The standard InChI is InChI=1S/C26H28N2O5/c1-3-4-5-6-7-24(29)33-21-14-10-19(11-15-21)17-23-26(31)27-22(25(30)28-23)16-18-8-12-20(32-2)13-9-18/h8-17H,3-7H2,1-2H3,(H,27,31)(H,28,30)/b22-16-,23-17-. The van der Waals surface area contributed by atoms with Gasteiger partial charge in [0.2, 0.25) is 0 Å². The second-order valence-corrected chi connectivity index (χ2v) is 7.65. The van der Waals surface area contributed by atoms with Crippen molar-refractivity contribution in [2.24, 2.45) is 0 Å². The predicted octanol–water partition coefficient (Wildman–Crippen LogP) is 2.61. The van der Waals surface area contributed by atoms with Gasteiger partial charge in [-0.3, -0.25) is 14.4 Å². The fourth-order valence-corrected chi connectivity index (χ4v) is 3.24. The van der Waals surface area contributed by atoms with Crippen LogP contribution in [0.2, 0.25) is 0 Å². The molecule has 1 aromatic heterocycles. The van der Waals surface area contributed by atoms with Gasteiger partial charge in [-0.05, 0) is 54.0 Å². The number of methoxy groups -OCH3 is 1. The average Bonchev–Trinajstić information content (AvgIpc) is 2.82. The lowest BCUT2D eigenvalue weighted by Gasteiger charge is -2.04. The van der Waals surface area contributed by atoms with E-state index in [4.69, 9.17) is 9.47 Å². The molecular weight excluding hydrogens is 420 g/mol. The lowest BCUT2D eigenvalue weighted by molar-refractivity contribution is -0.134. The summed E-state index contributed by atoms with van der Waals surface area (Å²) in [5.41, 5.74) is 0.609. The Balaban J connectivity index is 1.74. The molecule has 1 heterocycles. The van der Waals surface area contributed by atoms with Gasteiger partial charge >= 0.3 is 5.97 Å². The van der Waals surface area contributed by atoms with Crippen LogP contribution in [0.3, 0.4) is 0 Å². The highest BCUT2D eigenvalue weighted by Gasteiger charge is 2.05. The lowest BCUT2D eigenvalue weighted by atomic mass is 10.1. The number of aromatic amines is 2. The number of aromatic nitrogens is 2. The van der Waals surface area contributed by atoms with E-state index in [0.29, 0.717) is 23.5 Å². The zero-order chi connectivity index (χ0) is 23.6. The third kappa shape index (κ3) is 7.07. The van der Waals surface area contributed by atoms with Crippen LogP contribution in [0.15, 0.2) is 58.1 Å². The lowest BCUT2D eigenvalue weighted by Crippen LogP contribution is -2.46. The van der Waals surface area contributed by atoms with E-state index in [-0.39, 0.29) is 16.7 Å². The van der Waals surface area contributed by atoms with Crippen LogP contribution in [0.4, 0.5) is 0 Å². The molecule has 2 aromatic carbocycles. The number of benzene rings is 2. The van der Waals surface area contributed by atoms with Gasteiger partial charge in [-0.25, -0.2) is 0 Å².